The molecule has 1 atom stereocenters. The minimum Gasteiger partial charge on any atom is -0.486 e. The summed E-state index contributed by atoms with van der Waals surface area (Å²) in [6.07, 6.45) is 0.800. The summed E-state index contributed by atoms with van der Waals surface area (Å²) < 4.78 is 10.6. The van der Waals surface area contributed by atoms with Crippen molar-refractivity contribution in [1.29, 1.82) is 0 Å². The van der Waals surface area contributed by atoms with Crippen molar-refractivity contribution >= 4 is 16.8 Å². The Bertz CT molecular complexity index is 684. The van der Waals surface area contributed by atoms with E-state index in [-0.39, 0.29) is 23.9 Å². The Kier molecular flexibility index (Phi) is 4.23. The predicted molar refractivity (Wildman–Crippen MR) is 77.2 cm³/mol. The van der Waals surface area contributed by atoms with Crippen molar-refractivity contribution in [3.63, 3.8) is 0 Å². The highest BCUT2D eigenvalue weighted by molar-refractivity contribution is 5.83. The van der Waals surface area contributed by atoms with Gasteiger partial charge in [-0.2, -0.15) is 0 Å². The minimum atomic E-state index is -0.386. The molecule has 0 fully saturated rings. The number of benzene rings is 1. The molecule has 20 heavy (non-hydrogen) atoms. The normalized spacial score (nSPS) is 12.3. The van der Waals surface area contributed by atoms with Crippen LogP contribution in [0.5, 0.6) is 5.75 Å². The van der Waals surface area contributed by atoms with E-state index in [1.807, 2.05) is 26.8 Å². The second-order valence-electron chi connectivity index (χ2n) is 4.97. The summed E-state index contributed by atoms with van der Waals surface area (Å²) in [6, 6.07) is 6.71. The fraction of sp³-hybridized carbons (Fsp3) is 0.375. The molecule has 0 aliphatic heterocycles. The third-order valence-electron chi connectivity index (χ3n) is 3.47. The smallest absolute Gasteiger partial charge is 0.336 e. The highest BCUT2D eigenvalue weighted by Gasteiger charge is 2.11. The molecule has 2 aromatic rings. The van der Waals surface area contributed by atoms with Crippen LogP contribution in [-0.2, 0) is 4.79 Å². The van der Waals surface area contributed by atoms with Gasteiger partial charge in [-0.05, 0) is 31.0 Å². The van der Waals surface area contributed by atoms with Crippen molar-refractivity contribution in [1.82, 2.24) is 0 Å². The van der Waals surface area contributed by atoms with Crippen molar-refractivity contribution in [2.24, 2.45) is 5.92 Å². The molecule has 0 spiro atoms. The highest BCUT2D eigenvalue weighted by Crippen LogP contribution is 2.22. The van der Waals surface area contributed by atoms with E-state index in [0.717, 1.165) is 17.4 Å². The van der Waals surface area contributed by atoms with Gasteiger partial charge in [0.25, 0.3) is 0 Å². The molecule has 0 N–H and O–H groups in total. The predicted octanol–water partition coefficient (Wildman–Crippen LogP) is 3.10. The Hall–Kier alpha value is -2.10. The Labute approximate surface area is 117 Å². The standard InChI is InChI=1S/C16H18O4/c1-4-10(2)14(17)9-19-12-5-6-13-11(3)7-16(18)20-15(13)8-12/h5-8,10H,4,9H2,1-3H3. The summed E-state index contributed by atoms with van der Waals surface area (Å²) in [6.45, 7) is 5.74. The van der Waals surface area contributed by atoms with Crippen molar-refractivity contribution < 1.29 is 13.9 Å². The van der Waals surface area contributed by atoms with Gasteiger partial charge in [-0.1, -0.05) is 13.8 Å². The number of carbonyl (C=O) groups is 1. The van der Waals surface area contributed by atoms with Crippen LogP contribution in [0.4, 0.5) is 0 Å². The van der Waals surface area contributed by atoms with Gasteiger partial charge in [0, 0.05) is 23.4 Å². The molecular formula is C16H18O4. The van der Waals surface area contributed by atoms with E-state index >= 15 is 0 Å². The summed E-state index contributed by atoms with van der Waals surface area (Å²) in [5.41, 5.74) is 0.949. The first-order valence-corrected chi connectivity index (χ1v) is 6.71. The quantitative estimate of drug-likeness (QED) is 0.786. The molecule has 0 saturated heterocycles. The van der Waals surface area contributed by atoms with Crippen LogP contribution in [-0.4, -0.2) is 12.4 Å². The average molecular weight is 274 g/mol. The molecule has 1 heterocycles. The molecule has 0 saturated carbocycles. The molecule has 0 aliphatic rings. The maximum Gasteiger partial charge on any atom is 0.336 e. The molecule has 106 valence electrons. The maximum absolute atomic E-state index is 11.7. The molecule has 4 nitrogen and oxygen atoms in total. The minimum absolute atomic E-state index is 0.00404. The second kappa shape index (κ2) is 5.90. The largest absolute Gasteiger partial charge is 0.486 e. The lowest BCUT2D eigenvalue weighted by Gasteiger charge is -2.10. The fourth-order valence-electron chi connectivity index (χ4n) is 1.92. The number of Topliss-reactive ketones (excluding diaryl/α,β-unsaturated/α-hetero) is 1. The number of hydrogen-bond donors (Lipinski definition) is 0. The molecule has 1 unspecified atom stereocenters. The molecule has 0 bridgehead atoms. The first kappa shape index (κ1) is 14.3. The average Bonchev–Trinajstić information content (AvgIpc) is 2.43. The maximum atomic E-state index is 11.7. The Morgan fingerprint density at radius 2 is 2.10 bits per heavy atom. The Morgan fingerprint density at radius 3 is 2.80 bits per heavy atom. The zero-order valence-electron chi connectivity index (χ0n) is 11.9. The summed E-state index contributed by atoms with van der Waals surface area (Å²) in [5.74, 6) is 0.594. The van der Waals surface area contributed by atoms with Gasteiger partial charge < -0.3 is 9.15 Å². The Balaban J connectivity index is 2.20. The van der Waals surface area contributed by atoms with E-state index in [0.29, 0.717) is 11.3 Å². The number of rotatable bonds is 5. The topological polar surface area (TPSA) is 56.5 Å². The van der Waals surface area contributed by atoms with E-state index in [4.69, 9.17) is 9.15 Å². The zero-order valence-corrected chi connectivity index (χ0v) is 11.9. The van der Waals surface area contributed by atoms with E-state index in [9.17, 15) is 9.59 Å². The molecule has 1 aromatic carbocycles. The third-order valence-corrected chi connectivity index (χ3v) is 3.47. The van der Waals surface area contributed by atoms with Crippen LogP contribution < -0.4 is 10.4 Å². The number of fused-ring (bicyclic) bond motifs is 1. The van der Waals surface area contributed by atoms with Crippen LogP contribution in [0.25, 0.3) is 11.0 Å². The van der Waals surface area contributed by atoms with Gasteiger partial charge in [-0.25, -0.2) is 4.79 Å². The number of hydrogen-bond acceptors (Lipinski definition) is 4. The summed E-state index contributed by atoms with van der Waals surface area (Å²) in [5, 5.41) is 0.866. The summed E-state index contributed by atoms with van der Waals surface area (Å²) in [4.78, 5) is 23.1. The molecule has 0 radical (unpaired) electrons. The van der Waals surface area contributed by atoms with Gasteiger partial charge in [-0.15, -0.1) is 0 Å². The fourth-order valence-corrected chi connectivity index (χ4v) is 1.92. The summed E-state index contributed by atoms with van der Waals surface area (Å²) in [7, 11) is 0. The Morgan fingerprint density at radius 1 is 1.35 bits per heavy atom. The van der Waals surface area contributed by atoms with Crippen LogP contribution in [0.15, 0.2) is 33.5 Å². The molecule has 0 amide bonds. The van der Waals surface area contributed by atoms with E-state index in [1.54, 1.807) is 12.1 Å². The monoisotopic (exact) mass is 274 g/mol. The number of ketones is 1. The lowest BCUT2D eigenvalue weighted by atomic mass is 10.0. The van der Waals surface area contributed by atoms with Gasteiger partial charge in [0.05, 0.1) is 0 Å². The van der Waals surface area contributed by atoms with Crippen molar-refractivity contribution in [2.75, 3.05) is 6.61 Å². The SMILES string of the molecule is CCC(C)C(=O)COc1ccc2c(C)cc(=O)oc2c1. The first-order valence-electron chi connectivity index (χ1n) is 6.71. The van der Waals surface area contributed by atoms with Crippen LogP contribution in [0.1, 0.15) is 25.8 Å². The third kappa shape index (κ3) is 3.07. The van der Waals surface area contributed by atoms with Gasteiger partial charge in [0.2, 0.25) is 0 Å². The number of ether oxygens (including phenoxy) is 1. The first-order chi connectivity index (χ1) is 9.51. The van der Waals surface area contributed by atoms with Crippen molar-refractivity contribution in [3.05, 3.63) is 40.2 Å². The number of carbonyl (C=O) groups excluding carboxylic acids is 1. The van der Waals surface area contributed by atoms with Gasteiger partial charge in [-0.3, -0.25) is 4.79 Å². The molecule has 2 rings (SSSR count). The molecule has 4 heteroatoms. The highest BCUT2D eigenvalue weighted by atomic mass is 16.5. The molecular weight excluding hydrogens is 256 g/mol. The van der Waals surface area contributed by atoms with Crippen LogP contribution >= 0.6 is 0 Å². The van der Waals surface area contributed by atoms with Crippen LogP contribution in [0, 0.1) is 12.8 Å². The van der Waals surface area contributed by atoms with Crippen LogP contribution in [0.3, 0.4) is 0 Å². The second-order valence-corrected chi connectivity index (χ2v) is 4.97. The lowest BCUT2D eigenvalue weighted by molar-refractivity contribution is -0.124. The van der Waals surface area contributed by atoms with E-state index < -0.39 is 0 Å². The summed E-state index contributed by atoms with van der Waals surface area (Å²) >= 11 is 0. The molecule has 1 aromatic heterocycles. The van der Waals surface area contributed by atoms with Crippen molar-refractivity contribution in [3.8, 4) is 5.75 Å². The number of aryl methyl sites for hydroxylation is 1. The zero-order chi connectivity index (χ0) is 14.7. The van der Waals surface area contributed by atoms with Gasteiger partial charge in [0.15, 0.2) is 5.78 Å². The van der Waals surface area contributed by atoms with Gasteiger partial charge in [0.1, 0.15) is 17.9 Å². The lowest BCUT2D eigenvalue weighted by Crippen LogP contribution is -2.18. The van der Waals surface area contributed by atoms with Crippen molar-refractivity contribution in [2.45, 2.75) is 27.2 Å². The molecule has 0 aliphatic carbocycles. The van der Waals surface area contributed by atoms with E-state index in [2.05, 4.69) is 0 Å². The van der Waals surface area contributed by atoms with Crippen LogP contribution in [0.2, 0.25) is 0 Å². The van der Waals surface area contributed by atoms with Gasteiger partial charge >= 0.3 is 5.63 Å². The van der Waals surface area contributed by atoms with E-state index in [1.165, 1.54) is 6.07 Å².